The molecule has 6 heteroatoms. The van der Waals surface area contributed by atoms with Gasteiger partial charge in [-0.2, -0.15) is 0 Å². The molecule has 1 aromatic carbocycles. The first-order valence-corrected chi connectivity index (χ1v) is 12.0. The molecule has 0 aliphatic carbocycles. The predicted octanol–water partition coefficient (Wildman–Crippen LogP) is 3.49. The van der Waals surface area contributed by atoms with E-state index >= 15 is 0 Å². The lowest BCUT2D eigenvalue weighted by molar-refractivity contribution is 0.0374. The van der Waals surface area contributed by atoms with Gasteiger partial charge in [0.1, 0.15) is 0 Å². The van der Waals surface area contributed by atoms with Crippen LogP contribution in [0.1, 0.15) is 65.0 Å². The Balaban J connectivity index is 2.05. The van der Waals surface area contributed by atoms with Crippen molar-refractivity contribution in [3.05, 3.63) is 35.9 Å². The highest BCUT2D eigenvalue weighted by atomic mass is 16.5. The summed E-state index contributed by atoms with van der Waals surface area (Å²) in [6.45, 7) is 12.9. The third-order valence-corrected chi connectivity index (χ3v) is 6.06. The van der Waals surface area contributed by atoms with Gasteiger partial charge in [0.2, 0.25) is 0 Å². The van der Waals surface area contributed by atoms with Gasteiger partial charge in [-0.1, -0.05) is 44.2 Å². The van der Waals surface area contributed by atoms with E-state index in [-0.39, 0.29) is 18.2 Å². The van der Waals surface area contributed by atoms with Crippen molar-refractivity contribution in [3.63, 3.8) is 0 Å². The average Bonchev–Trinajstić information content (AvgIpc) is 2.76. The number of benzene rings is 1. The number of nitrogens with zero attached hydrogens (tertiary/aromatic N) is 1. The van der Waals surface area contributed by atoms with Gasteiger partial charge in [-0.3, -0.25) is 4.99 Å². The lowest BCUT2D eigenvalue weighted by Gasteiger charge is -2.39. The van der Waals surface area contributed by atoms with Crippen molar-refractivity contribution < 1.29 is 9.84 Å². The van der Waals surface area contributed by atoms with Crippen LogP contribution < -0.4 is 16.0 Å². The van der Waals surface area contributed by atoms with Gasteiger partial charge in [-0.05, 0) is 56.9 Å². The van der Waals surface area contributed by atoms with Crippen molar-refractivity contribution in [3.8, 4) is 0 Å². The molecule has 1 saturated heterocycles. The third kappa shape index (κ3) is 9.17. The largest absolute Gasteiger partial charge is 0.396 e. The number of nitrogens with one attached hydrogen (secondary N) is 3. The number of aliphatic hydroxyl groups is 1. The Kier molecular flexibility index (Phi) is 11.3. The highest BCUT2D eigenvalue weighted by Crippen LogP contribution is 2.26. The minimum absolute atomic E-state index is 0.0711. The maximum absolute atomic E-state index is 9.41. The molecule has 31 heavy (non-hydrogen) atoms. The molecule has 0 radical (unpaired) electrons. The summed E-state index contributed by atoms with van der Waals surface area (Å²) in [5.74, 6) is 1.92. The van der Waals surface area contributed by atoms with Crippen LogP contribution in [0.3, 0.4) is 0 Å². The van der Waals surface area contributed by atoms with Crippen molar-refractivity contribution in [2.45, 2.75) is 65.0 Å². The van der Waals surface area contributed by atoms with Gasteiger partial charge in [0.15, 0.2) is 5.96 Å². The summed E-state index contributed by atoms with van der Waals surface area (Å²) < 4.78 is 5.67. The molecule has 2 rings (SSSR count). The van der Waals surface area contributed by atoms with Crippen molar-refractivity contribution in [1.29, 1.82) is 0 Å². The number of aliphatic imine (C=N–C) groups is 1. The van der Waals surface area contributed by atoms with Crippen LogP contribution >= 0.6 is 0 Å². The molecule has 6 nitrogen and oxygen atoms in total. The van der Waals surface area contributed by atoms with E-state index in [2.05, 4.69) is 74.0 Å². The quantitative estimate of drug-likeness (QED) is 0.300. The Morgan fingerprint density at radius 2 is 1.84 bits per heavy atom. The number of guanidine groups is 1. The summed E-state index contributed by atoms with van der Waals surface area (Å²) >= 11 is 0. The summed E-state index contributed by atoms with van der Waals surface area (Å²) in [6, 6.07) is 10.9. The molecular weight excluding hydrogens is 388 g/mol. The molecular formula is C25H44N4O2. The van der Waals surface area contributed by atoms with Crippen LogP contribution in [0.25, 0.3) is 0 Å². The van der Waals surface area contributed by atoms with E-state index in [0.29, 0.717) is 18.4 Å². The van der Waals surface area contributed by atoms with E-state index in [9.17, 15) is 5.11 Å². The van der Waals surface area contributed by atoms with Crippen LogP contribution in [0.15, 0.2) is 35.3 Å². The molecule has 1 heterocycles. The third-order valence-electron chi connectivity index (χ3n) is 6.06. The Bertz CT molecular complexity index is 630. The molecule has 1 aromatic rings. The van der Waals surface area contributed by atoms with E-state index in [0.717, 1.165) is 57.9 Å². The first kappa shape index (κ1) is 25.6. The summed E-state index contributed by atoms with van der Waals surface area (Å²) in [5, 5.41) is 20.2. The zero-order valence-corrected chi connectivity index (χ0v) is 20.0. The molecule has 176 valence electrons. The van der Waals surface area contributed by atoms with Crippen LogP contribution in [0.4, 0.5) is 0 Å². The number of rotatable bonds is 12. The van der Waals surface area contributed by atoms with E-state index < -0.39 is 0 Å². The number of hydrogen-bond acceptors (Lipinski definition) is 4. The molecule has 1 aliphatic heterocycles. The maximum atomic E-state index is 9.41. The summed E-state index contributed by atoms with van der Waals surface area (Å²) in [6.07, 6.45) is 3.83. The van der Waals surface area contributed by atoms with Crippen LogP contribution in [0.5, 0.6) is 0 Å². The highest BCUT2D eigenvalue weighted by Gasteiger charge is 2.34. The summed E-state index contributed by atoms with van der Waals surface area (Å²) in [5.41, 5.74) is 1.22. The number of hydrogen-bond donors (Lipinski definition) is 4. The van der Waals surface area contributed by atoms with Gasteiger partial charge in [-0.25, -0.2) is 0 Å². The lowest BCUT2D eigenvalue weighted by atomic mass is 9.88. The Labute approximate surface area is 189 Å². The topological polar surface area (TPSA) is 77.9 Å². The summed E-state index contributed by atoms with van der Waals surface area (Å²) in [4.78, 5) is 4.98. The van der Waals surface area contributed by atoms with Gasteiger partial charge in [0.25, 0.3) is 0 Å². The normalized spacial score (nSPS) is 18.6. The lowest BCUT2D eigenvalue weighted by Crippen LogP contribution is -2.53. The van der Waals surface area contributed by atoms with Crippen LogP contribution in [-0.4, -0.2) is 56.1 Å². The van der Waals surface area contributed by atoms with Gasteiger partial charge < -0.3 is 25.8 Å². The molecule has 2 atom stereocenters. The second kappa shape index (κ2) is 13.7. The van der Waals surface area contributed by atoms with E-state index in [4.69, 9.17) is 9.73 Å². The molecule has 0 amide bonds. The number of aliphatic hydroxyl groups excluding tert-OH is 1. The summed E-state index contributed by atoms with van der Waals surface area (Å²) in [7, 11) is 0. The zero-order valence-electron chi connectivity index (χ0n) is 20.0. The van der Waals surface area contributed by atoms with Crippen molar-refractivity contribution in [2.24, 2.45) is 16.8 Å². The number of ether oxygens (including phenoxy) is 1. The molecule has 0 aromatic heterocycles. The molecule has 0 spiro atoms. The predicted molar refractivity (Wildman–Crippen MR) is 129 cm³/mol. The first-order valence-electron chi connectivity index (χ1n) is 12.0. The van der Waals surface area contributed by atoms with E-state index in [1.807, 2.05) is 0 Å². The van der Waals surface area contributed by atoms with Crippen LogP contribution in [0, 0.1) is 11.8 Å². The van der Waals surface area contributed by atoms with Crippen LogP contribution in [0.2, 0.25) is 0 Å². The maximum Gasteiger partial charge on any atom is 0.191 e. The van der Waals surface area contributed by atoms with E-state index in [1.165, 1.54) is 5.56 Å². The SMILES string of the molecule is CCNC(=NCC1(NC(C)c2ccccc2)CCOCC1)NCC(CCO)CC(C)C. The fraction of sp³-hybridized carbons (Fsp3) is 0.720. The monoisotopic (exact) mass is 432 g/mol. The minimum atomic E-state index is -0.0711. The molecule has 0 bridgehead atoms. The Morgan fingerprint density at radius 3 is 2.45 bits per heavy atom. The smallest absolute Gasteiger partial charge is 0.191 e. The van der Waals surface area contributed by atoms with Crippen LogP contribution in [-0.2, 0) is 4.74 Å². The second-order valence-corrected chi connectivity index (χ2v) is 9.25. The minimum Gasteiger partial charge on any atom is -0.396 e. The highest BCUT2D eigenvalue weighted by molar-refractivity contribution is 5.79. The fourth-order valence-corrected chi connectivity index (χ4v) is 4.36. The van der Waals surface area contributed by atoms with Gasteiger partial charge in [0, 0.05) is 44.5 Å². The molecule has 2 unspecified atom stereocenters. The van der Waals surface area contributed by atoms with Crippen molar-refractivity contribution in [2.75, 3.05) is 39.5 Å². The average molecular weight is 433 g/mol. The first-order chi connectivity index (χ1) is 15.0. The fourth-order valence-electron chi connectivity index (χ4n) is 4.36. The van der Waals surface area contributed by atoms with Gasteiger partial charge in [-0.15, -0.1) is 0 Å². The second-order valence-electron chi connectivity index (χ2n) is 9.25. The Hall–Kier alpha value is -1.63. The molecule has 0 saturated carbocycles. The molecule has 4 N–H and O–H groups in total. The van der Waals surface area contributed by atoms with Crippen molar-refractivity contribution >= 4 is 5.96 Å². The standard InChI is InChI=1S/C25H44N4O2/c1-5-26-24(27-18-22(11-14-30)17-20(2)3)28-19-25(12-15-31-16-13-25)29-21(4)23-9-7-6-8-10-23/h6-10,20-22,29-30H,5,11-19H2,1-4H3,(H2,26,27,28). The van der Waals surface area contributed by atoms with Crippen molar-refractivity contribution in [1.82, 2.24) is 16.0 Å². The molecule has 1 aliphatic rings. The Morgan fingerprint density at radius 1 is 1.13 bits per heavy atom. The zero-order chi connectivity index (χ0) is 22.5. The van der Waals surface area contributed by atoms with Gasteiger partial charge in [0.05, 0.1) is 6.54 Å². The van der Waals surface area contributed by atoms with Gasteiger partial charge >= 0.3 is 0 Å². The van der Waals surface area contributed by atoms with E-state index in [1.54, 1.807) is 0 Å². The molecule has 1 fully saturated rings.